The molecule has 0 radical (unpaired) electrons. The highest BCUT2D eigenvalue weighted by Crippen LogP contribution is 2.27. The highest BCUT2D eigenvalue weighted by molar-refractivity contribution is 7.92. The van der Waals surface area contributed by atoms with Crippen molar-refractivity contribution in [2.75, 3.05) is 17.4 Å². The molecule has 0 heterocycles. The second-order valence-corrected chi connectivity index (χ2v) is 10.6. The third-order valence-electron chi connectivity index (χ3n) is 5.92. The highest BCUT2D eigenvalue weighted by atomic mass is 32.2. The van der Waals surface area contributed by atoms with Gasteiger partial charge in [0.1, 0.15) is 18.4 Å². The topological polar surface area (TPSA) is 86.8 Å². The van der Waals surface area contributed by atoms with Gasteiger partial charge in [-0.1, -0.05) is 67.1 Å². The third kappa shape index (κ3) is 6.95. The monoisotopic (exact) mass is 525 g/mol. The van der Waals surface area contributed by atoms with Crippen LogP contribution in [-0.4, -0.2) is 44.3 Å². The molecule has 1 N–H and O–H groups in total. The number of benzene rings is 3. The predicted octanol–water partition coefficient (Wildman–Crippen LogP) is 4.27. The number of carbonyl (C=O) groups excluding carboxylic acids is 2. The molecule has 1 atom stereocenters. The first-order valence-corrected chi connectivity index (χ1v) is 13.5. The van der Waals surface area contributed by atoms with Gasteiger partial charge in [-0.25, -0.2) is 12.8 Å². The molecular formula is C28H32FN3O4S. The SMILES string of the molecule is CCCNC(=O)[C@H](C)N(Cc1ccccc1)C(=O)CN(c1ccccc1F)S(=O)(=O)c1ccc(C)cc1. The van der Waals surface area contributed by atoms with Crippen LogP contribution in [-0.2, 0) is 26.2 Å². The van der Waals surface area contributed by atoms with Crippen LogP contribution in [0.4, 0.5) is 10.1 Å². The molecule has 0 saturated carbocycles. The maximum atomic E-state index is 14.9. The number of carbonyl (C=O) groups is 2. The van der Waals surface area contributed by atoms with E-state index in [1.165, 1.54) is 35.2 Å². The molecule has 196 valence electrons. The number of halogens is 1. The van der Waals surface area contributed by atoms with Crippen molar-refractivity contribution in [1.82, 2.24) is 10.2 Å². The van der Waals surface area contributed by atoms with Crippen molar-refractivity contribution in [3.63, 3.8) is 0 Å². The van der Waals surface area contributed by atoms with Crippen LogP contribution in [0.3, 0.4) is 0 Å². The Balaban J connectivity index is 2.02. The molecule has 0 aromatic heterocycles. The first kappa shape index (κ1) is 27.9. The molecule has 0 fully saturated rings. The zero-order chi connectivity index (χ0) is 27.0. The Hall–Kier alpha value is -3.72. The van der Waals surface area contributed by atoms with E-state index in [1.54, 1.807) is 19.1 Å². The summed E-state index contributed by atoms with van der Waals surface area (Å²) >= 11 is 0. The van der Waals surface area contributed by atoms with E-state index in [0.29, 0.717) is 6.54 Å². The fraction of sp³-hybridized carbons (Fsp3) is 0.286. The van der Waals surface area contributed by atoms with Crippen molar-refractivity contribution in [2.24, 2.45) is 0 Å². The number of anilines is 1. The van der Waals surface area contributed by atoms with Gasteiger partial charge in [0.2, 0.25) is 11.8 Å². The Morgan fingerprint density at radius 1 is 0.946 bits per heavy atom. The number of nitrogens with zero attached hydrogens (tertiary/aromatic N) is 2. The Kier molecular flexibility index (Phi) is 9.41. The van der Waals surface area contributed by atoms with Gasteiger partial charge in [-0.15, -0.1) is 0 Å². The summed E-state index contributed by atoms with van der Waals surface area (Å²) in [6.45, 7) is 5.17. The minimum Gasteiger partial charge on any atom is -0.354 e. The number of hydrogen-bond acceptors (Lipinski definition) is 4. The molecule has 3 aromatic rings. The van der Waals surface area contributed by atoms with Crippen LogP contribution in [0.2, 0.25) is 0 Å². The van der Waals surface area contributed by atoms with Gasteiger partial charge >= 0.3 is 0 Å². The molecule has 0 spiro atoms. The lowest BCUT2D eigenvalue weighted by Gasteiger charge is -2.32. The molecule has 37 heavy (non-hydrogen) atoms. The van der Waals surface area contributed by atoms with E-state index in [1.807, 2.05) is 44.2 Å². The molecule has 3 rings (SSSR count). The highest BCUT2D eigenvalue weighted by Gasteiger charge is 2.33. The molecule has 7 nitrogen and oxygen atoms in total. The standard InChI is InChI=1S/C28H32FN3O4S/c1-4-18-30-28(34)22(3)31(19-23-10-6-5-7-11-23)27(33)20-32(26-13-9-8-12-25(26)29)37(35,36)24-16-14-21(2)15-17-24/h5-17,22H,4,18-20H2,1-3H3,(H,30,34)/t22-/m0/s1. The molecule has 0 aliphatic rings. The van der Waals surface area contributed by atoms with Gasteiger partial charge < -0.3 is 10.2 Å². The zero-order valence-electron chi connectivity index (χ0n) is 21.2. The van der Waals surface area contributed by atoms with Crippen LogP contribution in [0.5, 0.6) is 0 Å². The van der Waals surface area contributed by atoms with Gasteiger partial charge in [-0.2, -0.15) is 0 Å². The van der Waals surface area contributed by atoms with Crippen LogP contribution in [0.1, 0.15) is 31.4 Å². The summed E-state index contributed by atoms with van der Waals surface area (Å²) in [5, 5.41) is 2.78. The van der Waals surface area contributed by atoms with Crippen molar-refractivity contribution < 1.29 is 22.4 Å². The van der Waals surface area contributed by atoms with Crippen LogP contribution in [0, 0.1) is 12.7 Å². The van der Waals surface area contributed by atoms with E-state index < -0.39 is 34.3 Å². The molecule has 2 amide bonds. The summed E-state index contributed by atoms with van der Waals surface area (Å²) in [5.74, 6) is -1.78. The van der Waals surface area contributed by atoms with Gasteiger partial charge in [0, 0.05) is 13.1 Å². The van der Waals surface area contributed by atoms with Crippen molar-refractivity contribution in [1.29, 1.82) is 0 Å². The normalized spacial score (nSPS) is 12.0. The summed E-state index contributed by atoms with van der Waals surface area (Å²) in [6, 6.07) is 19.7. The van der Waals surface area contributed by atoms with Crippen LogP contribution >= 0.6 is 0 Å². The summed E-state index contributed by atoms with van der Waals surface area (Å²) < 4.78 is 43.0. The lowest BCUT2D eigenvalue weighted by Crippen LogP contribution is -2.51. The smallest absolute Gasteiger partial charge is 0.264 e. The lowest BCUT2D eigenvalue weighted by molar-refractivity contribution is -0.139. The van der Waals surface area contributed by atoms with Gasteiger partial charge in [-0.3, -0.25) is 13.9 Å². The van der Waals surface area contributed by atoms with E-state index in [-0.39, 0.29) is 23.0 Å². The quantitative estimate of drug-likeness (QED) is 0.405. The average Bonchev–Trinajstić information content (AvgIpc) is 2.89. The number of rotatable bonds is 11. The molecular weight excluding hydrogens is 493 g/mol. The number of aryl methyl sites for hydroxylation is 1. The van der Waals surface area contributed by atoms with Crippen LogP contribution < -0.4 is 9.62 Å². The van der Waals surface area contributed by atoms with Crippen molar-refractivity contribution in [3.05, 3.63) is 95.8 Å². The summed E-state index contributed by atoms with van der Waals surface area (Å²) in [5.41, 5.74) is 1.37. The van der Waals surface area contributed by atoms with Crippen LogP contribution in [0.25, 0.3) is 0 Å². The van der Waals surface area contributed by atoms with Crippen molar-refractivity contribution >= 4 is 27.5 Å². The molecule has 0 saturated heterocycles. The van der Waals surface area contributed by atoms with Crippen LogP contribution in [0.15, 0.2) is 83.8 Å². The maximum Gasteiger partial charge on any atom is 0.264 e. The number of hydrogen-bond donors (Lipinski definition) is 1. The Labute approximate surface area is 218 Å². The first-order chi connectivity index (χ1) is 17.6. The van der Waals surface area contributed by atoms with Gasteiger partial charge in [0.15, 0.2) is 0 Å². The van der Waals surface area contributed by atoms with Gasteiger partial charge in [0.25, 0.3) is 10.0 Å². The minimum atomic E-state index is -4.31. The van der Waals surface area contributed by atoms with Crippen molar-refractivity contribution in [3.8, 4) is 0 Å². The number of para-hydroxylation sites is 1. The Morgan fingerprint density at radius 3 is 2.19 bits per heavy atom. The van der Waals surface area contributed by atoms with Gasteiger partial charge in [0.05, 0.1) is 10.6 Å². The Morgan fingerprint density at radius 2 is 1.57 bits per heavy atom. The second-order valence-electron chi connectivity index (χ2n) is 8.75. The lowest BCUT2D eigenvalue weighted by atomic mass is 10.1. The maximum absolute atomic E-state index is 14.9. The fourth-order valence-electron chi connectivity index (χ4n) is 3.76. The number of sulfonamides is 1. The van der Waals surface area contributed by atoms with E-state index in [9.17, 15) is 22.4 Å². The number of amides is 2. The number of nitrogens with one attached hydrogen (secondary N) is 1. The molecule has 0 unspecified atom stereocenters. The third-order valence-corrected chi connectivity index (χ3v) is 7.70. The molecule has 0 aliphatic heterocycles. The summed E-state index contributed by atoms with van der Waals surface area (Å²) in [7, 11) is -4.31. The van der Waals surface area contributed by atoms with E-state index in [0.717, 1.165) is 27.9 Å². The summed E-state index contributed by atoms with van der Waals surface area (Å²) in [4.78, 5) is 27.8. The van der Waals surface area contributed by atoms with E-state index in [2.05, 4.69) is 5.32 Å². The molecule has 3 aromatic carbocycles. The molecule has 0 aliphatic carbocycles. The zero-order valence-corrected chi connectivity index (χ0v) is 22.0. The van der Waals surface area contributed by atoms with E-state index >= 15 is 0 Å². The second kappa shape index (κ2) is 12.5. The Bertz CT molecular complexity index is 1310. The first-order valence-electron chi connectivity index (χ1n) is 12.1. The summed E-state index contributed by atoms with van der Waals surface area (Å²) in [6.07, 6.45) is 0.723. The predicted molar refractivity (Wildman–Crippen MR) is 142 cm³/mol. The van der Waals surface area contributed by atoms with Crippen molar-refractivity contribution in [2.45, 2.75) is 44.7 Å². The minimum absolute atomic E-state index is 0.0718. The van der Waals surface area contributed by atoms with E-state index in [4.69, 9.17) is 0 Å². The molecule has 0 bridgehead atoms. The molecule has 9 heteroatoms. The fourth-order valence-corrected chi connectivity index (χ4v) is 5.19. The average molecular weight is 526 g/mol. The largest absolute Gasteiger partial charge is 0.354 e. The van der Waals surface area contributed by atoms with Gasteiger partial charge in [-0.05, 0) is 50.1 Å².